The number of methoxy groups -OCH3 is 1. The number of rotatable bonds is 6. The van der Waals surface area contributed by atoms with Gasteiger partial charge in [-0.05, 0) is 64.6 Å². The predicted molar refractivity (Wildman–Crippen MR) is 118 cm³/mol. The van der Waals surface area contributed by atoms with Crippen LogP contribution in [0.4, 0.5) is 13.2 Å². The second-order valence-electron chi connectivity index (χ2n) is 7.98. The Hall–Kier alpha value is -2.68. The Kier molecular flexibility index (Phi) is 6.78. The van der Waals surface area contributed by atoms with E-state index in [1.54, 1.807) is 12.0 Å². The zero-order valence-electron chi connectivity index (χ0n) is 18.1. The van der Waals surface area contributed by atoms with Crippen molar-refractivity contribution >= 4 is 21.3 Å². The van der Waals surface area contributed by atoms with Gasteiger partial charge in [-0.3, -0.25) is 9.00 Å². The fourth-order valence-electron chi connectivity index (χ4n) is 3.59. The van der Waals surface area contributed by atoms with Crippen molar-refractivity contribution in [1.29, 1.82) is 0 Å². The second-order valence-corrected chi connectivity index (χ2v) is 10.5. The normalized spacial score (nSPS) is 19.3. The molecule has 5 nitrogen and oxygen atoms in total. The molecule has 2 aromatic carbocycles. The van der Waals surface area contributed by atoms with Crippen LogP contribution >= 0.6 is 0 Å². The molecule has 1 fully saturated rings. The van der Waals surface area contributed by atoms with Crippen molar-refractivity contribution in [1.82, 2.24) is 4.90 Å². The summed E-state index contributed by atoms with van der Waals surface area (Å²) in [5.74, 6) is 3.72. The first-order valence-corrected chi connectivity index (χ1v) is 12.2. The highest BCUT2D eigenvalue weighted by Crippen LogP contribution is 2.33. The van der Waals surface area contributed by atoms with Crippen molar-refractivity contribution in [2.24, 2.45) is 0 Å². The smallest absolute Gasteiger partial charge is 0.425 e. The van der Waals surface area contributed by atoms with Crippen molar-refractivity contribution in [3.63, 3.8) is 0 Å². The first kappa shape index (κ1) is 24.0. The maximum absolute atomic E-state index is 13.3. The number of likely N-dealkylation sites (tertiary alicyclic amines) is 1. The van der Waals surface area contributed by atoms with Gasteiger partial charge in [-0.25, -0.2) is 0 Å². The second kappa shape index (κ2) is 9.05. The minimum Gasteiger partial charge on any atom is -0.497 e. The fraction of sp³-hybridized carbons (Fsp3) is 0.391. The number of carbonyl (C=O) groups excluding carboxylic acids is 1. The standard InChI is InChI=1S/C23H26F3NO4S/c1-15(23(24,25)26)31-21-9-8-19(32(3,4)29)13-20(21)22(28)27-11-10-17(14-27)16-6-5-7-18(12-16)30-2/h5-9,12-13,15,17H,3,10-11,14H2,1-2,4H3/t15-,17?,32?/m0/s1. The number of hydrogen-bond donors (Lipinski definition) is 0. The highest BCUT2D eigenvalue weighted by molar-refractivity contribution is 7.99. The zero-order valence-corrected chi connectivity index (χ0v) is 19.0. The molecule has 3 atom stereocenters. The SMILES string of the molecule is C=S(C)(=O)c1ccc(O[C@@H](C)C(F)(F)F)c(C(=O)N2CCC(c3cccc(OC)c3)C2)c1. The Morgan fingerprint density at radius 3 is 2.59 bits per heavy atom. The molecule has 0 spiro atoms. The average Bonchev–Trinajstić information content (AvgIpc) is 3.22. The molecule has 2 aromatic rings. The molecule has 32 heavy (non-hydrogen) atoms. The molecule has 0 radical (unpaired) electrons. The Morgan fingerprint density at radius 2 is 1.97 bits per heavy atom. The van der Waals surface area contributed by atoms with Gasteiger partial charge in [-0.1, -0.05) is 12.1 Å². The Bertz CT molecular complexity index is 1100. The molecule has 1 amide bonds. The van der Waals surface area contributed by atoms with Gasteiger partial charge in [-0.2, -0.15) is 13.2 Å². The topological polar surface area (TPSA) is 55.8 Å². The maximum Gasteiger partial charge on any atom is 0.425 e. The molecular weight excluding hydrogens is 443 g/mol. The van der Waals surface area contributed by atoms with Crippen LogP contribution in [0.5, 0.6) is 11.5 Å². The van der Waals surface area contributed by atoms with Gasteiger partial charge in [0.05, 0.1) is 12.7 Å². The molecular formula is C23H26F3NO4S. The molecule has 3 rings (SSSR count). The number of ether oxygens (including phenoxy) is 2. The number of benzene rings is 2. The van der Waals surface area contributed by atoms with E-state index < -0.39 is 27.7 Å². The van der Waals surface area contributed by atoms with Crippen molar-refractivity contribution < 1.29 is 31.6 Å². The van der Waals surface area contributed by atoms with Crippen molar-refractivity contribution in [3.8, 4) is 11.5 Å². The monoisotopic (exact) mass is 469 g/mol. The summed E-state index contributed by atoms with van der Waals surface area (Å²) in [7, 11) is -1.10. The largest absolute Gasteiger partial charge is 0.497 e. The first-order valence-electron chi connectivity index (χ1n) is 10.0. The molecule has 0 aliphatic carbocycles. The van der Waals surface area contributed by atoms with Gasteiger partial charge in [0.15, 0.2) is 6.10 Å². The summed E-state index contributed by atoms with van der Waals surface area (Å²) in [6, 6.07) is 11.5. The third-order valence-electron chi connectivity index (χ3n) is 5.49. The van der Waals surface area contributed by atoms with Crippen LogP contribution in [0.3, 0.4) is 0 Å². The molecule has 1 saturated heterocycles. The fourth-order valence-corrected chi connectivity index (χ4v) is 4.31. The number of carbonyl (C=O) groups is 1. The summed E-state index contributed by atoms with van der Waals surface area (Å²) in [6.45, 7) is 1.71. The van der Waals surface area contributed by atoms with Gasteiger partial charge in [0.2, 0.25) is 0 Å². The molecule has 0 aromatic heterocycles. The van der Waals surface area contributed by atoms with Gasteiger partial charge in [0, 0.05) is 30.2 Å². The van der Waals surface area contributed by atoms with Crippen LogP contribution in [-0.2, 0) is 9.52 Å². The number of alkyl halides is 3. The lowest BCUT2D eigenvalue weighted by Gasteiger charge is -2.23. The highest BCUT2D eigenvalue weighted by Gasteiger charge is 2.39. The highest BCUT2D eigenvalue weighted by atomic mass is 32.2. The third-order valence-corrected chi connectivity index (χ3v) is 6.74. The molecule has 1 heterocycles. The van der Waals surface area contributed by atoms with Crippen LogP contribution in [0.2, 0.25) is 0 Å². The Morgan fingerprint density at radius 1 is 1.25 bits per heavy atom. The van der Waals surface area contributed by atoms with Crippen molar-refractivity contribution in [2.45, 2.75) is 36.4 Å². The van der Waals surface area contributed by atoms with Crippen LogP contribution in [0.25, 0.3) is 0 Å². The molecule has 1 aliphatic heterocycles. The lowest BCUT2D eigenvalue weighted by atomic mass is 9.98. The lowest BCUT2D eigenvalue weighted by Crippen LogP contribution is -2.33. The molecule has 9 heteroatoms. The Labute approximate surface area is 186 Å². The first-order chi connectivity index (χ1) is 14.9. The van der Waals surface area contributed by atoms with Crippen LogP contribution < -0.4 is 9.47 Å². The van der Waals surface area contributed by atoms with Gasteiger partial charge in [-0.15, -0.1) is 0 Å². The van der Waals surface area contributed by atoms with Crippen LogP contribution in [0.15, 0.2) is 47.4 Å². The minimum atomic E-state index is -4.59. The summed E-state index contributed by atoms with van der Waals surface area (Å²) in [5.41, 5.74) is 0.966. The van der Waals surface area contributed by atoms with E-state index >= 15 is 0 Å². The summed E-state index contributed by atoms with van der Waals surface area (Å²) in [6.07, 6.45) is -4.58. The number of hydrogen-bond acceptors (Lipinski definition) is 4. The molecule has 2 unspecified atom stereocenters. The summed E-state index contributed by atoms with van der Waals surface area (Å²) < 4.78 is 61.9. The van der Waals surface area contributed by atoms with E-state index in [4.69, 9.17) is 9.47 Å². The average molecular weight is 470 g/mol. The minimum absolute atomic E-state index is 0.0527. The van der Waals surface area contributed by atoms with Gasteiger partial charge in [0.1, 0.15) is 11.5 Å². The van der Waals surface area contributed by atoms with Crippen LogP contribution in [0, 0.1) is 0 Å². The van der Waals surface area contributed by atoms with Crippen LogP contribution in [0.1, 0.15) is 35.2 Å². The van der Waals surface area contributed by atoms with E-state index in [9.17, 15) is 22.2 Å². The summed E-state index contributed by atoms with van der Waals surface area (Å²) >= 11 is 0. The third kappa shape index (κ3) is 5.38. The van der Waals surface area contributed by atoms with E-state index in [2.05, 4.69) is 5.87 Å². The quantitative estimate of drug-likeness (QED) is 0.590. The number of amides is 1. The van der Waals surface area contributed by atoms with E-state index in [-0.39, 0.29) is 22.1 Å². The van der Waals surface area contributed by atoms with E-state index in [0.717, 1.165) is 12.5 Å². The summed E-state index contributed by atoms with van der Waals surface area (Å²) in [4.78, 5) is 15.2. The van der Waals surface area contributed by atoms with Gasteiger partial charge in [0.25, 0.3) is 5.91 Å². The molecule has 1 aliphatic rings. The predicted octanol–water partition coefficient (Wildman–Crippen LogP) is 4.36. The van der Waals surface area contributed by atoms with Crippen molar-refractivity contribution in [3.05, 3.63) is 53.6 Å². The van der Waals surface area contributed by atoms with E-state index in [1.165, 1.54) is 24.5 Å². The molecule has 174 valence electrons. The lowest BCUT2D eigenvalue weighted by molar-refractivity contribution is -0.189. The maximum atomic E-state index is 13.3. The molecule has 0 N–H and O–H groups in total. The van der Waals surface area contributed by atoms with E-state index in [1.807, 2.05) is 24.3 Å². The molecule has 0 bridgehead atoms. The van der Waals surface area contributed by atoms with Gasteiger partial charge >= 0.3 is 6.18 Å². The van der Waals surface area contributed by atoms with E-state index in [0.29, 0.717) is 25.3 Å². The van der Waals surface area contributed by atoms with Crippen LogP contribution in [-0.4, -0.2) is 59.6 Å². The molecule has 0 saturated carbocycles. The summed E-state index contributed by atoms with van der Waals surface area (Å²) in [5, 5.41) is 0. The van der Waals surface area contributed by atoms with Crippen molar-refractivity contribution in [2.75, 3.05) is 26.5 Å². The number of halogens is 3. The van der Waals surface area contributed by atoms with Gasteiger partial charge < -0.3 is 14.4 Å². The number of nitrogens with zero attached hydrogens (tertiary/aromatic N) is 1. The zero-order chi connectivity index (χ0) is 23.7. The Balaban J connectivity index is 1.90.